The first kappa shape index (κ1) is 13.1. The van der Waals surface area contributed by atoms with E-state index in [4.69, 9.17) is 10.00 Å². The largest absolute Gasteiger partial charge is 0.439 e. The van der Waals surface area contributed by atoms with Crippen molar-refractivity contribution in [1.29, 1.82) is 5.26 Å². The highest BCUT2D eigenvalue weighted by atomic mass is 16.5. The predicted octanol–water partition coefficient (Wildman–Crippen LogP) is 4.04. The molecule has 2 rings (SSSR count). The summed E-state index contributed by atoms with van der Waals surface area (Å²) in [6.07, 6.45) is 1.50. The predicted molar refractivity (Wildman–Crippen MR) is 74.2 cm³/mol. The summed E-state index contributed by atoms with van der Waals surface area (Å²) in [5.74, 6) is 1.25. The molecule has 3 nitrogen and oxygen atoms in total. The van der Waals surface area contributed by atoms with E-state index in [-0.39, 0.29) is 5.41 Å². The Bertz CT molecular complexity index is 604. The molecule has 0 N–H and O–H groups in total. The summed E-state index contributed by atoms with van der Waals surface area (Å²) >= 11 is 0. The van der Waals surface area contributed by atoms with Crippen molar-refractivity contribution < 1.29 is 4.74 Å². The molecular formula is C16H16N2O. The van der Waals surface area contributed by atoms with Crippen molar-refractivity contribution in [1.82, 2.24) is 4.98 Å². The number of aromatic nitrogens is 1. The zero-order chi connectivity index (χ0) is 13.9. The maximum atomic E-state index is 8.71. The molecule has 19 heavy (non-hydrogen) atoms. The number of ether oxygens (including phenoxy) is 1. The Balaban J connectivity index is 2.21. The molecular weight excluding hydrogens is 236 g/mol. The van der Waals surface area contributed by atoms with Gasteiger partial charge in [-0.3, -0.25) is 0 Å². The zero-order valence-electron chi connectivity index (χ0n) is 11.3. The number of pyridine rings is 1. The molecule has 0 spiro atoms. The van der Waals surface area contributed by atoms with Crippen molar-refractivity contribution in [3.63, 3.8) is 0 Å². The molecule has 0 aliphatic carbocycles. The minimum Gasteiger partial charge on any atom is -0.439 e. The Hall–Kier alpha value is -2.34. The fourth-order valence-electron chi connectivity index (χ4n) is 1.65. The fourth-order valence-corrected chi connectivity index (χ4v) is 1.65. The van der Waals surface area contributed by atoms with Crippen LogP contribution in [0.25, 0.3) is 0 Å². The van der Waals surface area contributed by atoms with Crippen LogP contribution in [0.5, 0.6) is 11.6 Å². The van der Waals surface area contributed by atoms with E-state index >= 15 is 0 Å². The third kappa shape index (κ3) is 3.32. The van der Waals surface area contributed by atoms with Gasteiger partial charge in [0, 0.05) is 12.3 Å². The van der Waals surface area contributed by atoms with Crippen LogP contribution in [-0.2, 0) is 5.41 Å². The SMILES string of the molecule is CC(C)(C)c1cccc(Oc2ccc(C#N)cn2)c1. The quantitative estimate of drug-likeness (QED) is 0.810. The maximum Gasteiger partial charge on any atom is 0.219 e. The van der Waals surface area contributed by atoms with Crippen molar-refractivity contribution >= 4 is 0 Å². The average molecular weight is 252 g/mol. The lowest BCUT2D eigenvalue weighted by molar-refractivity contribution is 0.459. The zero-order valence-corrected chi connectivity index (χ0v) is 11.3. The van der Waals surface area contributed by atoms with Crippen molar-refractivity contribution in [2.24, 2.45) is 0 Å². The molecule has 0 amide bonds. The van der Waals surface area contributed by atoms with Gasteiger partial charge in [-0.15, -0.1) is 0 Å². The molecule has 0 aliphatic rings. The number of nitrogens with zero attached hydrogens (tertiary/aromatic N) is 2. The van der Waals surface area contributed by atoms with Gasteiger partial charge >= 0.3 is 0 Å². The molecule has 0 unspecified atom stereocenters. The molecule has 0 aliphatic heterocycles. The van der Waals surface area contributed by atoms with E-state index in [1.165, 1.54) is 11.8 Å². The highest BCUT2D eigenvalue weighted by Crippen LogP contribution is 2.27. The van der Waals surface area contributed by atoms with Crippen LogP contribution in [0.1, 0.15) is 31.9 Å². The first-order chi connectivity index (χ1) is 8.99. The summed E-state index contributed by atoms with van der Waals surface area (Å²) in [5.41, 5.74) is 1.81. The molecule has 0 saturated heterocycles. The Morgan fingerprint density at radius 1 is 1.16 bits per heavy atom. The van der Waals surface area contributed by atoms with Gasteiger partial charge in [-0.1, -0.05) is 32.9 Å². The second kappa shape index (κ2) is 5.11. The molecule has 0 bridgehead atoms. The van der Waals surface area contributed by atoms with E-state index < -0.39 is 0 Å². The minimum absolute atomic E-state index is 0.0808. The Kier molecular flexibility index (Phi) is 3.52. The number of hydrogen-bond donors (Lipinski definition) is 0. The summed E-state index contributed by atoms with van der Waals surface area (Å²) in [6.45, 7) is 6.48. The molecule has 0 saturated carbocycles. The molecule has 2 aromatic rings. The number of hydrogen-bond acceptors (Lipinski definition) is 3. The first-order valence-electron chi connectivity index (χ1n) is 6.13. The van der Waals surface area contributed by atoms with Gasteiger partial charge in [-0.25, -0.2) is 4.98 Å². The lowest BCUT2D eigenvalue weighted by Gasteiger charge is -2.19. The van der Waals surface area contributed by atoms with Crippen molar-refractivity contribution in [3.05, 3.63) is 53.7 Å². The van der Waals surface area contributed by atoms with Gasteiger partial charge in [0.2, 0.25) is 5.88 Å². The Morgan fingerprint density at radius 3 is 2.53 bits per heavy atom. The van der Waals surface area contributed by atoms with Gasteiger partial charge in [-0.2, -0.15) is 5.26 Å². The second-order valence-electron chi connectivity index (χ2n) is 5.38. The summed E-state index contributed by atoms with van der Waals surface area (Å²) in [4.78, 5) is 4.09. The maximum absolute atomic E-state index is 8.71. The molecule has 96 valence electrons. The van der Waals surface area contributed by atoms with Crippen molar-refractivity contribution in [2.45, 2.75) is 26.2 Å². The van der Waals surface area contributed by atoms with E-state index in [0.29, 0.717) is 11.4 Å². The molecule has 0 fully saturated rings. The Labute approximate surface area is 113 Å². The van der Waals surface area contributed by atoms with Crippen LogP contribution >= 0.6 is 0 Å². The third-order valence-electron chi connectivity index (χ3n) is 2.79. The van der Waals surface area contributed by atoms with Gasteiger partial charge in [0.05, 0.1) is 5.56 Å². The van der Waals surface area contributed by atoms with Crippen LogP contribution in [-0.4, -0.2) is 4.98 Å². The third-order valence-corrected chi connectivity index (χ3v) is 2.79. The summed E-state index contributed by atoms with van der Waals surface area (Å²) in [7, 11) is 0. The first-order valence-corrected chi connectivity index (χ1v) is 6.13. The van der Waals surface area contributed by atoms with Gasteiger partial charge in [0.1, 0.15) is 11.8 Å². The average Bonchev–Trinajstić information content (AvgIpc) is 2.39. The lowest BCUT2D eigenvalue weighted by Crippen LogP contribution is -2.10. The minimum atomic E-state index is 0.0808. The molecule has 1 heterocycles. The van der Waals surface area contributed by atoms with Crippen LogP contribution in [0.4, 0.5) is 0 Å². The van der Waals surface area contributed by atoms with E-state index in [1.807, 2.05) is 24.3 Å². The van der Waals surface area contributed by atoms with Crippen LogP contribution in [0.15, 0.2) is 42.6 Å². The second-order valence-corrected chi connectivity index (χ2v) is 5.38. The van der Waals surface area contributed by atoms with E-state index in [1.54, 1.807) is 12.1 Å². The van der Waals surface area contributed by atoms with Gasteiger partial charge < -0.3 is 4.74 Å². The molecule has 1 aromatic heterocycles. The number of nitriles is 1. The van der Waals surface area contributed by atoms with Crippen molar-refractivity contribution in [3.8, 4) is 17.7 Å². The van der Waals surface area contributed by atoms with Crippen molar-refractivity contribution in [2.75, 3.05) is 0 Å². The summed E-state index contributed by atoms with van der Waals surface area (Å²) < 4.78 is 5.69. The lowest BCUT2D eigenvalue weighted by atomic mass is 9.87. The number of benzene rings is 1. The van der Waals surface area contributed by atoms with Crippen LogP contribution in [0, 0.1) is 11.3 Å². The smallest absolute Gasteiger partial charge is 0.219 e. The van der Waals surface area contributed by atoms with E-state index in [0.717, 1.165) is 5.75 Å². The van der Waals surface area contributed by atoms with Gasteiger partial charge in [0.15, 0.2) is 0 Å². The Morgan fingerprint density at radius 2 is 1.95 bits per heavy atom. The normalized spacial score (nSPS) is 10.8. The standard InChI is InChI=1S/C16H16N2O/c1-16(2,3)13-5-4-6-14(9-13)19-15-8-7-12(10-17)11-18-15/h4-9,11H,1-3H3. The fraction of sp³-hybridized carbons (Fsp3) is 0.250. The summed E-state index contributed by atoms with van der Waals surface area (Å²) in [6, 6.07) is 13.4. The van der Waals surface area contributed by atoms with Gasteiger partial charge in [0.25, 0.3) is 0 Å². The molecule has 1 aromatic carbocycles. The highest BCUT2D eigenvalue weighted by Gasteiger charge is 2.14. The van der Waals surface area contributed by atoms with E-state index in [9.17, 15) is 0 Å². The van der Waals surface area contributed by atoms with E-state index in [2.05, 4.69) is 31.8 Å². The molecule has 0 atom stereocenters. The van der Waals surface area contributed by atoms with Crippen LogP contribution < -0.4 is 4.74 Å². The molecule has 0 radical (unpaired) electrons. The van der Waals surface area contributed by atoms with Crippen LogP contribution in [0.3, 0.4) is 0 Å². The highest BCUT2D eigenvalue weighted by molar-refractivity contribution is 5.36. The summed E-state index contributed by atoms with van der Waals surface area (Å²) in [5, 5.41) is 8.71. The van der Waals surface area contributed by atoms with Crippen LogP contribution in [0.2, 0.25) is 0 Å². The van der Waals surface area contributed by atoms with Gasteiger partial charge in [-0.05, 0) is 29.2 Å². The number of rotatable bonds is 2. The monoisotopic (exact) mass is 252 g/mol. The molecule has 3 heteroatoms. The topological polar surface area (TPSA) is 45.9 Å².